The molecule has 3 N–H and O–H groups in total. The van der Waals surface area contributed by atoms with Crippen LogP contribution >= 0.6 is 0 Å². The van der Waals surface area contributed by atoms with Gasteiger partial charge in [0.25, 0.3) is 0 Å². The van der Waals surface area contributed by atoms with E-state index >= 15 is 0 Å². The normalized spacial score (nSPS) is 12.6. The van der Waals surface area contributed by atoms with Crippen molar-refractivity contribution < 1.29 is 23.1 Å². The van der Waals surface area contributed by atoms with Gasteiger partial charge in [-0.05, 0) is 11.5 Å². The highest BCUT2D eigenvalue weighted by atomic mass is 32.2. The lowest BCUT2D eigenvalue weighted by Crippen LogP contribution is -2.40. The van der Waals surface area contributed by atoms with E-state index in [0.29, 0.717) is 0 Å². The molecule has 1 amide bonds. The van der Waals surface area contributed by atoms with E-state index in [1.807, 2.05) is 30.3 Å². The van der Waals surface area contributed by atoms with E-state index < -0.39 is 35.0 Å². The fourth-order valence-corrected chi connectivity index (χ4v) is 3.00. The lowest BCUT2D eigenvalue weighted by atomic mass is 10.0. The largest absolute Gasteiger partial charge is 0.480 e. The first-order valence-corrected chi connectivity index (χ1v) is 7.96. The second kappa shape index (κ2) is 7.75. The molecule has 1 aromatic rings. The lowest BCUT2D eigenvalue weighted by molar-refractivity contribution is -0.137. The zero-order valence-electron chi connectivity index (χ0n) is 11.6. The molecule has 0 aliphatic rings. The fourth-order valence-electron chi connectivity index (χ4n) is 1.68. The maximum Gasteiger partial charge on any atom is 0.322 e. The molecular weight excluding hydrogens is 296 g/mol. The van der Waals surface area contributed by atoms with Crippen molar-refractivity contribution in [2.45, 2.75) is 12.8 Å². The Morgan fingerprint density at radius 2 is 1.81 bits per heavy atom. The molecule has 116 valence electrons. The molecule has 0 aromatic heterocycles. The summed E-state index contributed by atoms with van der Waals surface area (Å²) in [7, 11) is -3.62. The third kappa shape index (κ3) is 6.87. The van der Waals surface area contributed by atoms with E-state index in [4.69, 9.17) is 5.11 Å². The summed E-state index contributed by atoms with van der Waals surface area (Å²) in [5, 5.41) is 10.5. The number of nitrogens with one attached hydrogen (secondary N) is 2. The Kier molecular flexibility index (Phi) is 6.32. The van der Waals surface area contributed by atoms with Crippen LogP contribution in [0.1, 0.15) is 18.4 Å². The lowest BCUT2D eigenvalue weighted by Gasteiger charge is -2.13. The van der Waals surface area contributed by atoms with Gasteiger partial charge in [-0.2, -0.15) is 0 Å². The van der Waals surface area contributed by atoms with E-state index in [1.165, 1.54) is 0 Å². The quantitative estimate of drug-likeness (QED) is 0.621. The topological polar surface area (TPSA) is 113 Å². The standard InChI is InChI=1S/C13H18N2O5S/c1-10(11-5-3-2-4-6-11)9-21(19,20)15-7-12(16)14-8-13(17)18/h2-6,10,15H,7-9H2,1H3,(H,14,16)(H,17,18). The van der Waals surface area contributed by atoms with Crippen LogP contribution in [-0.4, -0.2) is 44.2 Å². The van der Waals surface area contributed by atoms with Crippen LogP contribution < -0.4 is 10.0 Å². The number of amides is 1. The summed E-state index contributed by atoms with van der Waals surface area (Å²) >= 11 is 0. The molecule has 0 spiro atoms. The second-order valence-electron chi connectivity index (χ2n) is 4.58. The number of carboxylic acids is 1. The minimum Gasteiger partial charge on any atom is -0.480 e. The van der Waals surface area contributed by atoms with Crippen LogP contribution in [0, 0.1) is 0 Å². The van der Waals surface area contributed by atoms with Crippen molar-refractivity contribution in [3.8, 4) is 0 Å². The third-order valence-corrected chi connectivity index (χ3v) is 4.25. The van der Waals surface area contributed by atoms with Crippen LogP contribution in [0.15, 0.2) is 30.3 Å². The van der Waals surface area contributed by atoms with Crippen molar-refractivity contribution in [2.24, 2.45) is 0 Å². The molecule has 0 bridgehead atoms. The van der Waals surface area contributed by atoms with Crippen LogP contribution in [0.25, 0.3) is 0 Å². The average molecular weight is 314 g/mol. The highest BCUT2D eigenvalue weighted by Crippen LogP contribution is 2.15. The van der Waals surface area contributed by atoms with E-state index in [0.717, 1.165) is 5.56 Å². The summed E-state index contributed by atoms with van der Waals surface area (Å²) in [5.74, 6) is -2.24. The number of aliphatic carboxylic acids is 1. The van der Waals surface area contributed by atoms with Crippen molar-refractivity contribution in [1.29, 1.82) is 0 Å². The summed E-state index contributed by atoms with van der Waals surface area (Å²) in [4.78, 5) is 21.5. The molecule has 7 nitrogen and oxygen atoms in total. The number of rotatable bonds is 8. The number of carbonyl (C=O) groups is 2. The predicted octanol–water partition coefficient (Wildman–Crippen LogP) is -0.0897. The Morgan fingerprint density at radius 1 is 1.19 bits per heavy atom. The molecule has 0 radical (unpaired) electrons. The first kappa shape index (κ1) is 17.1. The Hall–Kier alpha value is -1.93. The van der Waals surface area contributed by atoms with Crippen LogP contribution in [0.3, 0.4) is 0 Å². The molecule has 0 heterocycles. The van der Waals surface area contributed by atoms with Crippen LogP contribution in [0.5, 0.6) is 0 Å². The summed E-state index contributed by atoms with van der Waals surface area (Å²) in [6.45, 7) is 0.761. The van der Waals surface area contributed by atoms with Gasteiger partial charge in [0.1, 0.15) is 6.54 Å². The summed E-state index contributed by atoms with van der Waals surface area (Å²) in [6, 6.07) is 9.16. The van der Waals surface area contributed by atoms with E-state index in [-0.39, 0.29) is 11.7 Å². The Balaban J connectivity index is 2.47. The summed E-state index contributed by atoms with van der Waals surface area (Å²) in [5.41, 5.74) is 0.887. The molecule has 0 fully saturated rings. The highest BCUT2D eigenvalue weighted by molar-refractivity contribution is 7.89. The van der Waals surface area contributed by atoms with Gasteiger partial charge in [0.15, 0.2) is 0 Å². The fraction of sp³-hybridized carbons (Fsp3) is 0.385. The molecule has 21 heavy (non-hydrogen) atoms. The number of benzene rings is 1. The van der Waals surface area contributed by atoms with Gasteiger partial charge in [0.05, 0.1) is 12.3 Å². The van der Waals surface area contributed by atoms with Crippen molar-refractivity contribution in [1.82, 2.24) is 10.0 Å². The van der Waals surface area contributed by atoms with Crippen LogP contribution in [0.2, 0.25) is 0 Å². The molecule has 1 aromatic carbocycles. The van der Waals surface area contributed by atoms with E-state index in [1.54, 1.807) is 6.92 Å². The predicted molar refractivity (Wildman–Crippen MR) is 77.3 cm³/mol. The zero-order valence-corrected chi connectivity index (χ0v) is 12.4. The third-order valence-electron chi connectivity index (χ3n) is 2.73. The SMILES string of the molecule is CC(CS(=O)(=O)NCC(=O)NCC(=O)O)c1ccccc1. The second-order valence-corrected chi connectivity index (χ2v) is 6.44. The molecule has 0 saturated heterocycles. The Bertz CT molecular complexity index is 586. The average Bonchev–Trinajstić information content (AvgIpc) is 2.43. The number of hydrogen-bond acceptors (Lipinski definition) is 4. The number of carbonyl (C=O) groups excluding carboxylic acids is 1. The minimum absolute atomic E-state index is 0.150. The van der Waals surface area contributed by atoms with Crippen molar-refractivity contribution in [3.05, 3.63) is 35.9 Å². The van der Waals surface area contributed by atoms with Gasteiger partial charge in [-0.25, -0.2) is 13.1 Å². The number of hydrogen-bond donors (Lipinski definition) is 3. The number of carboxylic acid groups (broad SMARTS) is 1. The molecule has 0 aliphatic carbocycles. The van der Waals surface area contributed by atoms with Gasteiger partial charge in [0, 0.05) is 0 Å². The molecule has 1 unspecified atom stereocenters. The van der Waals surface area contributed by atoms with E-state index in [2.05, 4.69) is 10.0 Å². The zero-order chi connectivity index (χ0) is 15.9. The minimum atomic E-state index is -3.62. The van der Waals surface area contributed by atoms with Crippen LogP contribution in [0.4, 0.5) is 0 Å². The smallest absolute Gasteiger partial charge is 0.322 e. The molecule has 1 atom stereocenters. The molecular formula is C13H18N2O5S. The molecule has 1 rings (SSSR count). The maximum atomic E-state index is 11.8. The van der Waals surface area contributed by atoms with Gasteiger partial charge >= 0.3 is 5.97 Å². The number of sulfonamides is 1. The monoisotopic (exact) mass is 314 g/mol. The molecule has 8 heteroatoms. The van der Waals surface area contributed by atoms with Gasteiger partial charge in [-0.1, -0.05) is 37.3 Å². The summed E-state index contributed by atoms with van der Waals surface area (Å²) in [6.07, 6.45) is 0. The first-order chi connectivity index (χ1) is 9.80. The van der Waals surface area contributed by atoms with Gasteiger partial charge in [0.2, 0.25) is 15.9 Å². The van der Waals surface area contributed by atoms with E-state index in [9.17, 15) is 18.0 Å². The van der Waals surface area contributed by atoms with Crippen LogP contribution in [-0.2, 0) is 19.6 Å². The van der Waals surface area contributed by atoms with Crippen molar-refractivity contribution >= 4 is 21.9 Å². The van der Waals surface area contributed by atoms with Crippen molar-refractivity contribution in [3.63, 3.8) is 0 Å². The van der Waals surface area contributed by atoms with Gasteiger partial charge in [-0.3, -0.25) is 9.59 Å². The van der Waals surface area contributed by atoms with Gasteiger partial charge in [-0.15, -0.1) is 0 Å². The Morgan fingerprint density at radius 3 is 2.38 bits per heavy atom. The molecule has 0 aliphatic heterocycles. The summed E-state index contributed by atoms with van der Waals surface area (Å²) < 4.78 is 25.8. The maximum absolute atomic E-state index is 11.8. The van der Waals surface area contributed by atoms with Gasteiger partial charge < -0.3 is 10.4 Å². The first-order valence-electron chi connectivity index (χ1n) is 6.31. The van der Waals surface area contributed by atoms with Crippen molar-refractivity contribution in [2.75, 3.05) is 18.8 Å². The Labute approximate surface area is 123 Å². The highest BCUT2D eigenvalue weighted by Gasteiger charge is 2.18. The molecule has 0 saturated carbocycles.